The van der Waals surface area contributed by atoms with Crippen LogP contribution < -0.4 is 5.73 Å². The first kappa shape index (κ1) is 11.1. The molecule has 0 fully saturated rings. The summed E-state index contributed by atoms with van der Waals surface area (Å²) in [6, 6.07) is 0. The average Bonchev–Trinajstić information content (AvgIpc) is 1.84. The number of carbonyl (C=O) groups excluding carboxylic acids is 1. The maximum absolute atomic E-state index is 10.3. The first-order chi connectivity index (χ1) is 3.72. The summed E-state index contributed by atoms with van der Waals surface area (Å²) in [7, 11) is 1.29. The van der Waals surface area contributed by atoms with E-state index < -0.39 is 5.97 Å². The maximum Gasteiger partial charge on any atom is 0.353 e. The second kappa shape index (κ2) is 5.44. The van der Waals surface area contributed by atoms with E-state index in [0.29, 0.717) is 0 Å². The van der Waals surface area contributed by atoms with Gasteiger partial charge in [-0.2, -0.15) is 0 Å². The Labute approximate surface area is 60.3 Å². The zero-order valence-electron chi connectivity index (χ0n) is 5.38. The number of nitrogens with two attached hydrogens (primary N) is 1. The van der Waals surface area contributed by atoms with E-state index in [1.165, 1.54) is 13.2 Å². The van der Waals surface area contributed by atoms with Crippen molar-refractivity contribution in [1.82, 2.24) is 0 Å². The Morgan fingerprint density at radius 2 is 2.11 bits per heavy atom. The number of halogens is 1. The summed E-state index contributed by atoms with van der Waals surface area (Å²) in [5.74, 6) is -0.479. The molecule has 0 aromatic heterocycles. The van der Waals surface area contributed by atoms with Gasteiger partial charge in [0.1, 0.15) is 5.70 Å². The van der Waals surface area contributed by atoms with Crippen molar-refractivity contribution in [1.29, 1.82) is 0 Å². The number of hydrogen-bond acceptors (Lipinski definition) is 3. The lowest BCUT2D eigenvalue weighted by molar-refractivity contribution is -0.136. The molecule has 0 bridgehead atoms. The van der Waals surface area contributed by atoms with Gasteiger partial charge in [-0.15, -0.1) is 12.4 Å². The number of hydrogen-bond donors (Lipinski definition) is 1. The molecule has 0 atom stereocenters. The smallest absolute Gasteiger partial charge is 0.353 e. The predicted octanol–water partition coefficient (Wildman–Crippen LogP) is 0.444. The minimum atomic E-state index is -0.479. The summed E-state index contributed by atoms with van der Waals surface area (Å²) in [5, 5.41) is 0. The Hall–Kier alpha value is -0.700. The lowest BCUT2D eigenvalue weighted by Gasteiger charge is -1.94. The van der Waals surface area contributed by atoms with Gasteiger partial charge < -0.3 is 10.5 Å². The third-order valence-corrected chi connectivity index (χ3v) is 0.732. The van der Waals surface area contributed by atoms with Crippen LogP contribution in [0.15, 0.2) is 11.8 Å². The molecule has 0 rings (SSSR count). The van der Waals surface area contributed by atoms with E-state index in [1.54, 1.807) is 6.92 Å². The van der Waals surface area contributed by atoms with Crippen LogP contribution in [-0.4, -0.2) is 13.1 Å². The normalized spacial score (nSPS) is 9.78. The van der Waals surface area contributed by atoms with Gasteiger partial charge in [0.25, 0.3) is 0 Å². The van der Waals surface area contributed by atoms with Crippen LogP contribution in [-0.2, 0) is 9.53 Å². The first-order valence-corrected chi connectivity index (χ1v) is 2.22. The quantitative estimate of drug-likeness (QED) is 0.437. The van der Waals surface area contributed by atoms with Crippen LogP contribution in [0.2, 0.25) is 0 Å². The molecular formula is C5H10ClNO2. The molecular weight excluding hydrogens is 142 g/mol. The Morgan fingerprint density at radius 3 is 2.22 bits per heavy atom. The fraction of sp³-hybridized carbons (Fsp3) is 0.400. The first-order valence-electron chi connectivity index (χ1n) is 2.22. The molecule has 0 aliphatic heterocycles. The summed E-state index contributed by atoms with van der Waals surface area (Å²) in [6.45, 7) is 1.67. The highest BCUT2D eigenvalue weighted by Crippen LogP contribution is 1.84. The molecule has 0 unspecified atom stereocenters. The summed E-state index contributed by atoms with van der Waals surface area (Å²) in [5.41, 5.74) is 5.26. The highest BCUT2D eigenvalue weighted by Gasteiger charge is 1.99. The third-order valence-electron chi connectivity index (χ3n) is 0.732. The molecule has 2 N–H and O–H groups in total. The summed E-state index contributed by atoms with van der Waals surface area (Å²) in [6.07, 6.45) is 1.49. The van der Waals surface area contributed by atoms with E-state index in [4.69, 9.17) is 5.73 Å². The minimum absolute atomic E-state index is 0. The van der Waals surface area contributed by atoms with E-state index in [1.807, 2.05) is 0 Å². The number of methoxy groups -OCH3 is 1. The van der Waals surface area contributed by atoms with Crippen LogP contribution in [0.4, 0.5) is 0 Å². The van der Waals surface area contributed by atoms with Crippen LogP contribution in [0.25, 0.3) is 0 Å². The van der Waals surface area contributed by atoms with E-state index in [9.17, 15) is 4.79 Å². The molecule has 0 amide bonds. The van der Waals surface area contributed by atoms with Gasteiger partial charge in [0.2, 0.25) is 0 Å². The van der Waals surface area contributed by atoms with E-state index in [0.717, 1.165) is 0 Å². The van der Waals surface area contributed by atoms with Gasteiger partial charge in [0.05, 0.1) is 7.11 Å². The second-order valence-electron chi connectivity index (χ2n) is 1.24. The average molecular weight is 152 g/mol. The fourth-order valence-electron chi connectivity index (χ4n) is 0.236. The van der Waals surface area contributed by atoms with E-state index in [-0.39, 0.29) is 18.1 Å². The maximum atomic E-state index is 10.3. The van der Waals surface area contributed by atoms with Gasteiger partial charge >= 0.3 is 5.97 Å². The van der Waals surface area contributed by atoms with Crippen molar-refractivity contribution in [2.24, 2.45) is 5.73 Å². The SMILES string of the molecule is C/C=C(\N)C(=O)OC.Cl. The Balaban J connectivity index is 0. The Bertz CT molecular complexity index is 122. The van der Waals surface area contributed by atoms with Gasteiger partial charge in [-0.3, -0.25) is 0 Å². The van der Waals surface area contributed by atoms with Crippen LogP contribution in [0.1, 0.15) is 6.92 Å². The minimum Gasteiger partial charge on any atom is -0.464 e. The number of allylic oxidation sites excluding steroid dienone is 1. The standard InChI is InChI=1S/C5H9NO2.ClH/c1-3-4(6)5(7)8-2;/h3H,6H2,1-2H3;1H/b4-3-;. The highest BCUT2D eigenvalue weighted by atomic mass is 35.5. The number of carbonyl (C=O) groups is 1. The molecule has 0 aliphatic rings. The lowest BCUT2D eigenvalue weighted by atomic mass is 10.4. The number of rotatable bonds is 1. The zero-order chi connectivity index (χ0) is 6.57. The van der Waals surface area contributed by atoms with Crippen molar-refractivity contribution in [3.05, 3.63) is 11.8 Å². The molecule has 0 heterocycles. The van der Waals surface area contributed by atoms with Gasteiger partial charge in [0.15, 0.2) is 0 Å². The molecule has 0 aromatic carbocycles. The highest BCUT2D eigenvalue weighted by molar-refractivity contribution is 5.87. The zero-order valence-corrected chi connectivity index (χ0v) is 6.20. The number of ether oxygens (including phenoxy) is 1. The number of esters is 1. The topological polar surface area (TPSA) is 52.3 Å². The Kier molecular flexibility index (Phi) is 6.73. The van der Waals surface area contributed by atoms with Gasteiger partial charge in [-0.05, 0) is 6.92 Å². The Morgan fingerprint density at radius 1 is 1.67 bits per heavy atom. The molecule has 0 radical (unpaired) electrons. The molecule has 0 saturated heterocycles. The molecule has 54 valence electrons. The molecule has 9 heavy (non-hydrogen) atoms. The molecule has 0 spiro atoms. The monoisotopic (exact) mass is 151 g/mol. The molecule has 4 heteroatoms. The third kappa shape index (κ3) is 3.85. The molecule has 0 aromatic rings. The summed E-state index contributed by atoms with van der Waals surface area (Å²) >= 11 is 0. The predicted molar refractivity (Wildman–Crippen MR) is 37.2 cm³/mol. The van der Waals surface area contributed by atoms with Crippen LogP contribution in [0, 0.1) is 0 Å². The molecule has 0 saturated carbocycles. The lowest BCUT2D eigenvalue weighted by Crippen LogP contribution is -2.11. The molecule has 0 aliphatic carbocycles. The second-order valence-corrected chi connectivity index (χ2v) is 1.24. The van der Waals surface area contributed by atoms with Crippen molar-refractivity contribution in [2.45, 2.75) is 6.92 Å². The van der Waals surface area contributed by atoms with E-state index >= 15 is 0 Å². The largest absolute Gasteiger partial charge is 0.464 e. The fourth-order valence-corrected chi connectivity index (χ4v) is 0.236. The van der Waals surface area contributed by atoms with Crippen LogP contribution >= 0.6 is 12.4 Å². The van der Waals surface area contributed by atoms with Crippen molar-refractivity contribution < 1.29 is 9.53 Å². The van der Waals surface area contributed by atoms with Gasteiger partial charge in [0, 0.05) is 0 Å². The van der Waals surface area contributed by atoms with E-state index in [2.05, 4.69) is 4.74 Å². The van der Waals surface area contributed by atoms with Gasteiger partial charge in [-0.1, -0.05) is 6.08 Å². The van der Waals surface area contributed by atoms with Crippen molar-refractivity contribution in [3.63, 3.8) is 0 Å². The van der Waals surface area contributed by atoms with Gasteiger partial charge in [-0.25, -0.2) is 4.79 Å². The van der Waals surface area contributed by atoms with Crippen LogP contribution in [0.3, 0.4) is 0 Å². The van der Waals surface area contributed by atoms with Crippen molar-refractivity contribution >= 4 is 18.4 Å². The van der Waals surface area contributed by atoms with Crippen molar-refractivity contribution in [2.75, 3.05) is 7.11 Å². The molecule has 3 nitrogen and oxygen atoms in total. The van der Waals surface area contributed by atoms with Crippen LogP contribution in [0.5, 0.6) is 0 Å². The van der Waals surface area contributed by atoms with Crippen molar-refractivity contribution in [3.8, 4) is 0 Å². The summed E-state index contributed by atoms with van der Waals surface area (Å²) in [4.78, 5) is 10.3. The summed E-state index contributed by atoms with van der Waals surface area (Å²) < 4.78 is 4.27.